The minimum Gasteiger partial charge on any atom is -0.493 e. The summed E-state index contributed by atoms with van der Waals surface area (Å²) in [7, 11) is 0. The molecule has 166 valence electrons. The second kappa shape index (κ2) is 10.3. The Kier molecular flexibility index (Phi) is 7.25. The summed E-state index contributed by atoms with van der Waals surface area (Å²) in [5, 5.41) is 2.00. The number of carbonyl (C=O) groups is 2. The molecule has 2 aromatic rings. The molecule has 0 N–H and O–H groups in total. The number of hydrogen-bond donors (Lipinski definition) is 0. The van der Waals surface area contributed by atoms with E-state index in [0.29, 0.717) is 52.3 Å². The van der Waals surface area contributed by atoms with Crippen molar-refractivity contribution in [2.45, 2.75) is 25.7 Å². The Balaban J connectivity index is 1.47. The van der Waals surface area contributed by atoms with Gasteiger partial charge in [0.05, 0.1) is 26.2 Å². The van der Waals surface area contributed by atoms with E-state index in [0.717, 1.165) is 30.0 Å². The number of thiophene rings is 1. The molecule has 31 heavy (non-hydrogen) atoms. The Morgan fingerprint density at radius 2 is 1.81 bits per heavy atom. The van der Waals surface area contributed by atoms with Gasteiger partial charge in [-0.3, -0.25) is 9.59 Å². The van der Waals surface area contributed by atoms with Crippen molar-refractivity contribution in [3.8, 4) is 5.75 Å². The van der Waals surface area contributed by atoms with E-state index in [9.17, 15) is 9.59 Å². The number of amides is 2. The maximum atomic E-state index is 13.1. The molecule has 0 radical (unpaired) electrons. The van der Waals surface area contributed by atoms with Gasteiger partial charge in [-0.15, -0.1) is 11.3 Å². The molecule has 2 amide bonds. The number of ether oxygens (including phenoxy) is 2. The Morgan fingerprint density at radius 3 is 2.55 bits per heavy atom. The number of likely N-dealkylation sites (tertiary alicyclic amines) is 1. The van der Waals surface area contributed by atoms with Gasteiger partial charge in [0.15, 0.2) is 0 Å². The Labute approximate surface area is 187 Å². The molecule has 2 fully saturated rings. The second-order valence-corrected chi connectivity index (χ2v) is 9.48. The number of para-hydroxylation sites is 1. The van der Waals surface area contributed by atoms with Gasteiger partial charge >= 0.3 is 0 Å². The van der Waals surface area contributed by atoms with Gasteiger partial charge < -0.3 is 19.3 Å². The lowest BCUT2D eigenvalue weighted by Gasteiger charge is -2.43. The molecule has 1 aromatic heterocycles. The normalized spacial score (nSPS) is 21.7. The number of hydrogen-bond acceptors (Lipinski definition) is 5. The lowest BCUT2D eigenvalue weighted by Crippen LogP contribution is -2.52. The summed E-state index contributed by atoms with van der Waals surface area (Å²) in [4.78, 5) is 31.0. The van der Waals surface area contributed by atoms with E-state index in [-0.39, 0.29) is 17.2 Å². The summed E-state index contributed by atoms with van der Waals surface area (Å²) < 4.78 is 11.5. The lowest BCUT2D eigenvalue weighted by molar-refractivity contribution is -0.143. The minimum atomic E-state index is -0.380. The van der Waals surface area contributed by atoms with E-state index in [4.69, 9.17) is 9.47 Å². The van der Waals surface area contributed by atoms with Crippen molar-refractivity contribution in [3.63, 3.8) is 0 Å². The molecular formula is C24H30N2O4S. The van der Waals surface area contributed by atoms with Gasteiger partial charge in [-0.1, -0.05) is 24.3 Å². The van der Waals surface area contributed by atoms with Gasteiger partial charge in [0, 0.05) is 42.9 Å². The van der Waals surface area contributed by atoms with E-state index < -0.39 is 0 Å². The average Bonchev–Trinajstić information content (AvgIpc) is 3.32. The third-order valence-corrected chi connectivity index (χ3v) is 6.97. The summed E-state index contributed by atoms with van der Waals surface area (Å²) in [6, 6.07) is 13.7. The highest BCUT2D eigenvalue weighted by Gasteiger charge is 2.41. The van der Waals surface area contributed by atoms with Gasteiger partial charge in [-0.25, -0.2) is 0 Å². The number of carbonyl (C=O) groups excluding carboxylic acids is 2. The highest BCUT2D eigenvalue weighted by Crippen LogP contribution is 2.35. The summed E-state index contributed by atoms with van der Waals surface area (Å²) in [6.45, 7) is 4.17. The highest BCUT2D eigenvalue weighted by atomic mass is 32.1. The first-order valence-electron chi connectivity index (χ1n) is 11.0. The summed E-state index contributed by atoms with van der Waals surface area (Å²) >= 11 is 1.61. The fourth-order valence-electron chi connectivity index (χ4n) is 4.41. The van der Waals surface area contributed by atoms with E-state index in [1.54, 1.807) is 11.3 Å². The summed E-state index contributed by atoms with van der Waals surface area (Å²) in [6.07, 6.45) is 2.57. The number of morpholine rings is 1. The van der Waals surface area contributed by atoms with E-state index >= 15 is 0 Å². The van der Waals surface area contributed by atoms with E-state index in [1.807, 2.05) is 57.6 Å². The molecule has 4 rings (SSSR count). The van der Waals surface area contributed by atoms with Crippen molar-refractivity contribution in [2.24, 2.45) is 5.41 Å². The van der Waals surface area contributed by atoms with Crippen molar-refractivity contribution >= 4 is 23.2 Å². The van der Waals surface area contributed by atoms with Crippen molar-refractivity contribution in [1.29, 1.82) is 0 Å². The van der Waals surface area contributed by atoms with Crippen LogP contribution in [0.4, 0.5) is 0 Å². The molecule has 2 aliphatic rings. The van der Waals surface area contributed by atoms with Crippen LogP contribution in [0.2, 0.25) is 0 Å². The first kappa shape index (κ1) is 21.8. The quantitative estimate of drug-likeness (QED) is 0.661. The van der Waals surface area contributed by atoms with Gasteiger partial charge in [-0.2, -0.15) is 0 Å². The van der Waals surface area contributed by atoms with Crippen molar-refractivity contribution in [2.75, 3.05) is 46.0 Å². The van der Waals surface area contributed by atoms with E-state index in [1.165, 1.54) is 0 Å². The molecule has 2 saturated heterocycles. The number of rotatable bonds is 7. The summed E-state index contributed by atoms with van der Waals surface area (Å²) in [5.74, 6) is 1.06. The number of nitrogens with zero attached hydrogens (tertiary/aromatic N) is 2. The zero-order chi connectivity index (χ0) is 21.5. The average molecular weight is 443 g/mol. The third-order valence-electron chi connectivity index (χ3n) is 6.10. The molecule has 0 bridgehead atoms. The minimum absolute atomic E-state index is 0.130. The predicted octanol–water partition coefficient (Wildman–Crippen LogP) is 3.23. The molecule has 3 heterocycles. The topological polar surface area (TPSA) is 59.1 Å². The molecule has 1 aromatic carbocycles. The predicted molar refractivity (Wildman–Crippen MR) is 120 cm³/mol. The third kappa shape index (κ3) is 5.86. The lowest BCUT2D eigenvalue weighted by atomic mass is 9.77. The van der Waals surface area contributed by atoms with Crippen LogP contribution < -0.4 is 4.74 Å². The van der Waals surface area contributed by atoms with Crippen LogP contribution in [0.25, 0.3) is 0 Å². The molecule has 2 aliphatic heterocycles. The van der Waals surface area contributed by atoms with Gasteiger partial charge in [0.2, 0.25) is 11.8 Å². The standard InChI is InChI=1S/C24H30N2O4S/c27-22(16-21-8-4-15-31-21)26-10-5-9-24(18-26,19-30-20-6-2-1-3-7-20)17-23(28)25-11-13-29-14-12-25/h1-4,6-8,15H,5,9-14,16-19H2. The first-order valence-corrected chi connectivity index (χ1v) is 11.9. The first-order chi connectivity index (χ1) is 15.1. The largest absolute Gasteiger partial charge is 0.493 e. The van der Waals surface area contributed by atoms with E-state index in [2.05, 4.69) is 0 Å². The van der Waals surface area contributed by atoms with Gasteiger partial charge in [-0.05, 0) is 36.4 Å². The van der Waals surface area contributed by atoms with Crippen LogP contribution in [0.5, 0.6) is 5.75 Å². The van der Waals surface area contributed by atoms with Crippen LogP contribution in [0.3, 0.4) is 0 Å². The maximum absolute atomic E-state index is 13.1. The van der Waals surface area contributed by atoms with Crippen LogP contribution in [0.15, 0.2) is 47.8 Å². The molecule has 0 spiro atoms. The zero-order valence-electron chi connectivity index (χ0n) is 17.8. The summed E-state index contributed by atoms with van der Waals surface area (Å²) in [5.41, 5.74) is -0.380. The van der Waals surface area contributed by atoms with Crippen LogP contribution in [-0.2, 0) is 20.7 Å². The number of piperidine rings is 1. The second-order valence-electron chi connectivity index (χ2n) is 8.45. The Morgan fingerprint density at radius 1 is 1.00 bits per heavy atom. The van der Waals surface area contributed by atoms with Gasteiger partial charge in [0.25, 0.3) is 0 Å². The van der Waals surface area contributed by atoms with Crippen LogP contribution in [0.1, 0.15) is 24.1 Å². The molecule has 7 heteroatoms. The van der Waals surface area contributed by atoms with Gasteiger partial charge in [0.1, 0.15) is 5.75 Å². The molecule has 0 aliphatic carbocycles. The zero-order valence-corrected chi connectivity index (χ0v) is 18.6. The Hall–Kier alpha value is -2.38. The van der Waals surface area contributed by atoms with Crippen LogP contribution >= 0.6 is 11.3 Å². The van der Waals surface area contributed by atoms with Crippen LogP contribution in [0, 0.1) is 5.41 Å². The maximum Gasteiger partial charge on any atom is 0.227 e. The smallest absolute Gasteiger partial charge is 0.227 e. The Bertz CT molecular complexity index is 852. The monoisotopic (exact) mass is 442 g/mol. The van der Waals surface area contributed by atoms with Crippen molar-refractivity contribution in [1.82, 2.24) is 9.80 Å². The molecular weight excluding hydrogens is 412 g/mol. The fraction of sp³-hybridized carbons (Fsp3) is 0.500. The SMILES string of the molecule is O=C(CC1(COc2ccccc2)CCCN(C(=O)Cc2cccs2)C1)N1CCOCC1. The fourth-order valence-corrected chi connectivity index (χ4v) is 5.10. The number of benzene rings is 1. The highest BCUT2D eigenvalue weighted by molar-refractivity contribution is 7.10. The molecule has 1 atom stereocenters. The molecule has 6 nitrogen and oxygen atoms in total. The van der Waals surface area contributed by atoms with Crippen molar-refractivity contribution in [3.05, 3.63) is 52.7 Å². The molecule has 0 saturated carbocycles. The van der Waals surface area contributed by atoms with Crippen molar-refractivity contribution < 1.29 is 19.1 Å². The van der Waals surface area contributed by atoms with Crippen LogP contribution in [-0.4, -0.2) is 67.6 Å². The molecule has 1 unspecified atom stereocenters.